The van der Waals surface area contributed by atoms with Crippen LogP contribution in [0.25, 0.3) is 0 Å². The van der Waals surface area contributed by atoms with Crippen LogP contribution < -0.4 is 5.32 Å². The maximum absolute atomic E-state index is 12.9. The lowest BCUT2D eigenvalue weighted by Crippen LogP contribution is -2.27. The van der Waals surface area contributed by atoms with E-state index in [2.05, 4.69) is 15.5 Å². The molecule has 2 heterocycles. The van der Waals surface area contributed by atoms with E-state index >= 15 is 0 Å². The average molecular weight is 399 g/mol. The third kappa shape index (κ3) is 3.48. The quantitative estimate of drug-likeness (QED) is 0.684. The van der Waals surface area contributed by atoms with Crippen molar-refractivity contribution in [1.82, 2.24) is 10.2 Å². The third-order valence-electron chi connectivity index (χ3n) is 4.54. The van der Waals surface area contributed by atoms with Gasteiger partial charge < -0.3 is 5.32 Å². The van der Waals surface area contributed by atoms with Crippen molar-refractivity contribution in [3.8, 4) is 0 Å². The summed E-state index contributed by atoms with van der Waals surface area (Å²) in [4.78, 5) is 17.7. The molecule has 2 N–H and O–H groups in total. The summed E-state index contributed by atoms with van der Waals surface area (Å²) in [6, 6.07) is 12.2. The van der Waals surface area contributed by atoms with Gasteiger partial charge in [-0.2, -0.15) is 5.10 Å². The molecule has 136 valence electrons. The van der Waals surface area contributed by atoms with E-state index in [-0.39, 0.29) is 5.91 Å². The summed E-state index contributed by atoms with van der Waals surface area (Å²) in [5.74, 6) is -0.186. The van der Waals surface area contributed by atoms with Crippen molar-refractivity contribution in [1.29, 1.82) is 0 Å². The number of hydrogen-bond acceptors (Lipinski definition) is 3. The normalized spacial score (nSPS) is 16.3. The number of hydrogen-bond donors (Lipinski definition) is 2. The van der Waals surface area contributed by atoms with E-state index in [0.717, 1.165) is 22.4 Å². The Bertz CT molecular complexity index is 1060. The number of aromatic amines is 1. The molecule has 1 atom stereocenters. The number of aliphatic imine (C=N–C) groups is 1. The molecular formula is C20H16Cl2N4O. The molecule has 0 fully saturated rings. The maximum Gasteiger partial charge on any atom is 0.249 e. The van der Waals surface area contributed by atoms with Gasteiger partial charge in [-0.25, -0.2) is 0 Å². The van der Waals surface area contributed by atoms with Crippen LogP contribution in [0.15, 0.2) is 53.7 Å². The first-order valence-electron chi connectivity index (χ1n) is 8.45. The van der Waals surface area contributed by atoms with Crippen LogP contribution in [0.5, 0.6) is 0 Å². The predicted molar refractivity (Wildman–Crippen MR) is 108 cm³/mol. The smallest absolute Gasteiger partial charge is 0.249 e. The Hall–Kier alpha value is -2.63. The molecule has 4 rings (SSSR count). The lowest BCUT2D eigenvalue weighted by molar-refractivity contribution is -0.117. The number of benzene rings is 2. The number of carbonyl (C=O) groups excluding carboxylic acids is 1. The van der Waals surface area contributed by atoms with Crippen LogP contribution in [0.3, 0.4) is 0 Å². The van der Waals surface area contributed by atoms with Crippen LogP contribution in [-0.2, 0) is 11.2 Å². The van der Waals surface area contributed by atoms with Crippen LogP contribution in [0.1, 0.15) is 22.4 Å². The van der Waals surface area contributed by atoms with Gasteiger partial charge in [0.15, 0.2) is 0 Å². The minimum Gasteiger partial charge on any atom is -0.324 e. The SMILES string of the molecule is Cc1[nH]ncc1C1=NC(Cc2ccccc2Cl)C(=O)Nc2ccc(Cl)cc21. The van der Waals surface area contributed by atoms with Gasteiger partial charge in [0.25, 0.3) is 0 Å². The molecule has 3 aromatic rings. The molecule has 5 nitrogen and oxygen atoms in total. The van der Waals surface area contributed by atoms with Gasteiger partial charge in [0.1, 0.15) is 6.04 Å². The topological polar surface area (TPSA) is 70.1 Å². The number of aryl methyl sites for hydroxylation is 1. The van der Waals surface area contributed by atoms with Gasteiger partial charge in [0, 0.05) is 33.3 Å². The molecule has 0 saturated carbocycles. The van der Waals surface area contributed by atoms with E-state index in [1.807, 2.05) is 31.2 Å². The van der Waals surface area contributed by atoms with Gasteiger partial charge in [-0.3, -0.25) is 14.9 Å². The van der Waals surface area contributed by atoms with Gasteiger partial charge in [0.05, 0.1) is 17.6 Å². The van der Waals surface area contributed by atoms with Crippen molar-refractivity contribution in [3.63, 3.8) is 0 Å². The van der Waals surface area contributed by atoms with Crippen LogP contribution in [0.2, 0.25) is 10.0 Å². The average Bonchev–Trinajstić information content (AvgIpc) is 3.02. The maximum atomic E-state index is 12.9. The fraction of sp³-hybridized carbons (Fsp3) is 0.150. The van der Waals surface area contributed by atoms with E-state index in [1.54, 1.807) is 24.4 Å². The van der Waals surface area contributed by atoms with Crippen LogP contribution in [-0.4, -0.2) is 27.9 Å². The van der Waals surface area contributed by atoms with Crippen molar-refractivity contribution in [3.05, 3.63) is 81.1 Å². The number of rotatable bonds is 3. The lowest BCUT2D eigenvalue weighted by Gasteiger charge is -2.12. The van der Waals surface area contributed by atoms with E-state index in [0.29, 0.717) is 27.9 Å². The standard InChI is InChI=1S/C20H16Cl2N4O/c1-11-15(10-23-26-11)19-14-9-13(21)6-7-17(14)25-20(27)18(24-19)8-12-4-2-3-5-16(12)22/h2-7,9-10,18H,8H2,1H3,(H,23,26)(H,25,27). The lowest BCUT2D eigenvalue weighted by atomic mass is 10.0. The van der Waals surface area contributed by atoms with E-state index in [9.17, 15) is 4.79 Å². The van der Waals surface area contributed by atoms with Gasteiger partial charge in [0.2, 0.25) is 5.91 Å². The molecule has 1 unspecified atom stereocenters. The van der Waals surface area contributed by atoms with Crippen LogP contribution >= 0.6 is 23.2 Å². The first-order valence-corrected chi connectivity index (χ1v) is 9.21. The number of anilines is 1. The van der Waals surface area contributed by atoms with Crippen LogP contribution in [0.4, 0.5) is 5.69 Å². The first-order chi connectivity index (χ1) is 13.0. The highest BCUT2D eigenvalue weighted by Crippen LogP contribution is 2.29. The monoisotopic (exact) mass is 398 g/mol. The second kappa shape index (κ2) is 7.18. The zero-order valence-electron chi connectivity index (χ0n) is 14.5. The zero-order valence-corrected chi connectivity index (χ0v) is 16.0. The predicted octanol–water partition coefficient (Wildman–Crippen LogP) is 4.43. The number of nitrogens with one attached hydrogen (secondary N) is 2. The second-order valence-electron chi connectivity index (χ2n) is 6.38. The number of nitrogens with zero attached hydrogens (tertiary/aromatic N) is 2. The van der Waals surface area contributed by atoms with Crippen molar-refractivity contribution < 1.29 is 4.79 Å². The molecule has 1 aromatic heterocycles. The summed E-state index contributed by atoms with van der Waals surface area (Å²) in [7, 11) is 0. The molecule has 1 amide bonds. The number of aromatic nitrogens is 2. The highest BCUT2D eigenvalue weighted by atomic mass is 35.5. The number of fused-ring (bicyclic) bond motifs is 1. The molecule has 2 aromatic carbocycles. The number of halogens is 2. The molecule has 1 aliphatic rings. The molecule has 1 aliphatic heterocycles. The van der Waals surface area contributed by atoms with Crippen molar-refractivity contribution in [2.45, 2.75) is 19.4 Å². The summed E-state index contributed by atoms with van der Waals surface area (Å²) in [6.45, 7) is 1.91. The van der Waals surface area contributed by atoms with Gasteiger partial charge in [-0.15, -0.1) is 0 Å². The van der Waals surface area contributed by atoms with Crippen LogP contribution in [0, 0.1) is 6.92 Å². The van der Waals surface area contributed by atoms with Crippen molar-refractivity contribution >= 4 is 40.5 Å². The second-order valence-corrected chi connectivity index (χ2v) is 7.22. The first kappa shape index (κ1) is 17.8. The van der Waals surface area contributed by atoms with Gasteiger partial charge >= 0.3 is 0 Å². The molecule has 0 saturated heterocycles. The van der Waals surface area contributed by atoms with E-state index in [1.165, 1.54) is 0 Å². The Morgan fingerprint density at radius 2 is 1.93 bits per heavy atom. The summed E-state index contributed by atoms with van der Waals surface area (Å²) < 4.78 is 0. The number of benzodiazepines with no additional fused rings is 1. The molecule has 0 radical (unpaired) electrons. The highest BCUT2D eigenvalue weighted by Gasteiger charge is 2.27. The zero-order chi connectivity index (χ0) is 19.0. The summed E-state index contributed by atoms with van der Waals surface area (Å²) >= 11 is 12.5. The minimum atomic E-state index is -0.625. The Morgan fingerprint density at radius 1 is 1.11 bits per heavy atom. The molecule has 7 heteroatoms. The highest BCUT2D eigenvalue weighted by molar-refractivity contribution is 6.32. The number of carbonyl (C=O) groups is 1. The number of amides is 1. The minimum absolute atomic E-state index is 0.186. The summed E-state index contributed by atoms with van der Waals surface area (Å²) in [5.41, 5.74) is 4.68. The third-order valence-corrected chi connectivity index (χ3v) is 5.14. The largest absolute Gasteiger partial charge is 0.324 e. The molecule has 0 spiro atoms. The molecular weight excluding hydrogens is 383 g/mol. The Labute approximate surface area is 166 Å². The summed E-state index contributed by atoms with van der Waals surface area (Å²) in [5, 5.41) is 11.2. The fourth-order valence-corrected chi connectivity index (χ4v) is 3.52. The van der Waals surface area contributed by atoms with Gasteiger partial charge in [-0.05, 0) is 36.8 Å². The fourth-order valence-electron chi connectivity index (χ4n) is 3.14. The molecule has 27 heavy (non-hydrogen) atoms. The van der Waals surface area contributed by atoms with Gasteiger partial charge in [-0.1, -0.05) is 41.4 Å². The Kier molecular flexibility index (Phi) is 4.72. The van der Waals surface area contributed by atoms with Crippen molar-refractivity contribution in [2.24, 2.45) is 4.99 Å². The Morgan fingerprint density at radius 3 is 2.67 bits per heavy atom. The molecule has 0 bridgehead atoms. The number of H-pyrrole nitrogens is 1. The molecule has 0 aliphatic carbocycles. The van der Waals surface area contributed by atoms with Crippen molar-refractivity contribution in [2.75, 3.05) is 5.32 Å². The summed E-state index contributed by atoms with van der Waals surface area (Å²) in [6.07, 6.45) is 2.11. The Balaban J connectivity index is 1.85. The van der Waals surface area contributed by atoms with E-state index < -0.39 is 6.04 Å². The van der Waals surface area contributed by atoms with E-state index in [4.69, 9.17) is 28.2 Å².